The highest BCUT2D eigenvalue weighted by molar-refractivity contribution is 6.22. The number of hydrogen-bond acceptors (Lipinski definition) is 0. The van der Waals surface area contributed by atoms with Crippen LogP contribution in [0.25, 0.3) is 66.1 Å². The Morgan fingerprint density at radius 1 is 0.255 bits per heavy atom. The molecular weight excluding hydrogens is 613 g/mol. The first kappa shape index (κ1) is 29.4. The van der Waals surface area contributed by atoms with Gasteiger partial charge >= 0.3 is 0 Å². The van der Waals surface area contributed by atoms with Gasteiger partial charge in [-0.25, -0.2) is 0 Å². The summed E-state index contributed by atoms with van der Waals surface area (Å²) in [5.41, 5.74) is 14.8. The molecule has 0 radical (unpaired) electrons. The molecule has 0 unspecified atom stereocenters. The molecule has 0 saturated carbocycles. The van der Waals surface area contributed by atoms with Crippen LogP contribution in [-0.4, -0.2) is 0 Å². The summed E-state index contributed by atoms with van der Waals surface area (Å²) in [4.78, 5) is 0. The van der Waals surface area contributed by atoms with Gasteiger partial charge in [0.25, 0.3) is 0 Å². The van der Waals surface area contributed by atoms with Crippen LogP contribution in [0.4, 0.5) is 0 Å². The van der Waals surface area contributed by atoms with Crippen molar-refractivity contribution in [1.29, 1.82) is 0 Å². The summed E-state index contributed by atoms with van der Waals surface area (Å²) in [5, 5.41) is 5.06. The zero-order valence-corrected chi connectivity index (χ0v) is 28.1. The van der Waals surface area contributed by atoms with Crippen molar-refractivity contribution in [3.8, 4) is 44.5 Å². The molecule has 0 bridgehead atoms. The maximum absolute atomic E-state index is 2.47. The van der Waals surface area contributed by atoms with Gasteiger partial charge < -0.3 is 0 Å². The number of rotatable bonds is 5. The Bertz CT molecular complexity index is 2670. The third kappa shape index (κ3) is 4.47. The second kappa shape index (κ2) is 11.8. The molecule has 10 rings (SSSR count). The Balaban J connectivity index is 1.27. The van der Waals surface area contributed by atoms with Crippen molar-refractivity contribution < 1.29 is 0 Å². The molecule has 1 aliphatic rings. The van der Waals surface area contributed by atoms with E-state index in [0.717, 1.165) is 0 Å². The highest BCUT2D eigenvalue weighted by atomic mass is 14.5. The fourth-order valence-electron chi connectivity index (χ4n) is 8.81. The van der Waals surface area contributed by atoms with Crippen LogP contribution in [0.15, 0.2) is 206 Å². The molecule has 51 heavy (non-hydrogen) atoms. The van der Waals surface area contributed by atoms with Crippen molar-refractivity contribution in [2.75, 3.05) is 0 Å². The summed E-state index contributed by atoms with van der Waals surface area (Å²) in [5.74, 6) is 0. The lowest BCUT2D eigenvalue weighted by Crippen LogP contribution is -2.28. The minimum absolute atomic E-state index is 0.437. The van der Waals surface area contributed by atoms with Gasteiger partial charge in [0.15, 0.2) is 0 Å². The lowest BCUT2D eigenvalue weighted by molar-refractivity contribution is 0.769. The summed E-state index contributed by atoms with van der Waals surface area (Å²) >= 11 is 0. The number of benzene rings is 9. The van der Waals surface area contributed by atoms with Gasteiger partial charge in [-0.2, -0.15) is 0 Å². The minimum Gasteiger partial charge on any atom is -0.0622 e. The summed E-state index contributed by atoms with van der Waals surface area (Å²) in [6.07, 6.45) is 0. The number of hydrogen-bond donors (Lipinski definition) is 0. The van der Waals surface area contributed by atoms with E-state index in [2.05, 4.69) is 206 Å². The zero-order chi connectivity index (χ0) is 33.8. The smallest absolute Gasteiger partial charge is 0.0622 e. The van der Waals surface area contributed by atoms with Gasteiger partial charge in [0.05, 0.1) is 5.41 Å². The third-order valence-corrected chi connectivity index (χ3v) is 10.9. The van der Waals surface area contributed by atoms with Crippen molar-refractivity contribution in [1.82, 2.24) is 0 Å². The molecule has 0 saturated heterocycles. The number of fused-ring (bicyclic) bond motifs is 5. The lowest BCUT2D eigenvalue weighted by atomic mass is 9.67. The molecule has 0 nitrogen and oxygen atoms in total. The maximum Gasteiger partial charge on any atom is 0.0713 e. The SMILES string of the molecule is c1ccc(-c2c3ccccc3c(-c3ccccc3)c3cc(-c4ccc5c(c4)C(c4ccccc4)(c4ccccc4)c4ccccc4-5)ccc23)cc1. The molecule has 1 aliphatic carbocycles. The monoisotopic (exact) mass is 646 g/mol. The van der Waals surface area contributed by atoms with E-state index in [1.807, 2.05) is 0 Å². The molecule has 0 aliphatic heterocycles. The first-order valence-electron chi connectivity index (χ1n) is 17.8. The fraction of sp³-hybridized carbons (Fsp3) is 0.0196. The quantitative estimate of drug-likeness (QED) is 0.163. The van der Waals surface area contributed by atoms with E-state index in [1.54, 1.807) is 0 Å². The van der Waals surface area contributed by atoms with E-state index in [9.17, 15) is 0 Å². The molecule has 0 amide bonds. The molecule has 0 heterocycles. The van der Waals surface area contributed by atoms with Gasteiger partial charge in [-0.05, 0) is 100 Å². The molecule has 9 aromatic rings. The van der Waals surface area contributed by atoms with E-state index >= 15 is 0 Å². The van der Waals surface area contributed by atoms with E-state index in [4.69, 9.17) is 0 Å². The highest BCUT2D eigenvalue weighted by Gasteiger charge is 2.46. The minimum atomic E-state index is -0.437. The third-order valence-electron chi connectivity index (χ3n) is 10.9. The Hall–Kier alpha value is -6.50. The van der Waals surface area contributed by atoms with Crippen molar-refractivity contribution >= 4 is 21.5 Å². The Morgan fingerprint density at radius 2 is 0.686 bits per heavy atom. The molecule has 238 valence electrons. The molecule has 0 aromatic heterocycles. The maximum atomic E-state index is 2.47. The van der Waals surface area contributed by atoms with Gasteiger partial charge in [0, 0.05) is 0 Å². The summed E-state index contributed by atoms with van der Waals surface area (Å²) in [6.45, 7) is 0. The Morgan fingerprint density at radius 3 is 1.29 bits per heavy atom. The molecule has 0 spiro atoms. The van der Waals surface area contributed by atoms with Crippen LogP contribution < -0.4 is 0 Å². The van der Waals surface area contributed by atoms with Gasteiger partial charge in [-0.3, -0.25) is 0 Å². The van der Waals surface area contributed by atoms with Crippen LogP contribution in [0.5, 0.6) is 0 Å². The topological polar surface area (TPSA) is 0 Å². The molecule has 0 N–H and O–H groups in total. The Kier molecular flexibility index (Phi) is 6.82. The van der Waals surface area contributed by atoms with Gasteiger partial charge in [0.1, 0.15) is 0 Å². The van der Waals surface area contributed by atoms with Crippen LogP contribution in [0.2, 0.25) is 0 Å². The van der Waals surface area contributed by atoms with Gasteiger partial charge in [0.2, 0.25) is 0 Å². The zero-order valence-electron chi connectivity index (χ0n) is 28.1. The average molecular weight is 647 g/mol. The molecule has 0 atom stereocenters. The van der Waals surface area contributed by atoms with Gasteiger partial charge in [-0.15, -0.1) is 0 Å². The van der Waals surface area contributed by atoms with E-state index in [-0.39, 0.29) is 0 Å². The summed E-state index contributed by atoms with van der Waals surface area (Å²) in [6, 6.07) is 76.0. The van der Waals surface area contributed by atoms with Crippen molar-refractivity contribution in [2.24, 2.45) is 0 Å². The first-order valence-corrected chi connectivity index (χ1v) is 17.8. The lowest BCUT2D eigenvalue weighted by Gasteiger charge is -2.34. The molecule has 0 fully saturated rings. The summed E-state index contributed by atoms with van der Waals surface area (Å²) < 4.78 is 0. The van der Waals surface area contributed by atoms with E-state index in [0.29, 0.717) is 0 Å². The standard InChI is InChI=1S/C51H34/c1-5-17-35(18-6-1)49-43-26-13-14-27-44(43)50(36-19-7-2-8-20-36)46-33-37(30-32-45(46)49)38-29-31-42-41-25-15-16-28-47(41)51(48(42)34-38,39-21-9-3-10-22-39)40-23-11-4-12-24-40/h1-34H. The van der Waals surface area contributed by atoms with Crippen molar-refractivity contribution in [2.45, 2.75) is 5.41 Å². The predicted octanol–water partition coefficient (Wildman–Crippen LogP) is 13.4. The van der Waals surface area contributed by atoms with Crippen LogP contribution in [0.3, 0.4) is 0 Å². The van der Waals surface area contributed by atoms with Crippen LogP contribution in [-0.2, 0) is 5.41 Å². The Labute approximate surface area is 298 Å². The molecular formula is C51H34. The molecule has 9 aromatic carbocycles. The van der Waals surface area contributed by atoms with Crippen LogP contribution in [0, 0.1) is 0 Å². The van der Waals surface area contributed by atoms with E-state index < -0.39 is 5.41 Å². The highest BCUT2D eigenvalue weighted by Crippen LogP contribution is 2.57. The van der Waals surface area contributed by atoms with Gasteiger partial charge in [-0.1, -0.05) is 194 Å². The fourth-order valence-corrected chi connectivity index (χ4v) is 8.81. The predicted molar refractivity (Wildman–Crippen MR) is 215 cm³/mol. The van der Waals surface area contributed by atoms with Crippen LogP contribution >= 0.6 is 0 Å². The normalized spacial score (nSPS) is 12.9. The largest absolute Gasteiger partial charge is 0.0713 e. The van der Waals surface area contributed by atoms with Crippen LogP contribution in [0.1, 0.15) is 22.3 Å². The molecule has 0 heteroatoms. The summed E-state index contributed by atoms with van der Waals surface area (Å²) in [7, 11) is 0. The first-order chi connectivity index (χ1) is 25.3. The second-order valence-corrected chi connectivity index (χ2v) is 13.6. The van der Waals surface area contributed by atoms with Crippen molar-refractivity contribution in [3.63, 3.8) is 0 Å². The van der Waals surface area contributed by atoms with E-state index in [1.165, 1.54) is 88.3 Å². The van der Waals surface area contributed by atoms with Crippen molar-refractivity contribution in [3.05, 3.63) is 229 Å². The second-order valence-electron chi connectivity index (χ2n) is 13.6. The average Bonchev–Trinajstić information content (AvgIpc) is 3.51.